The van der Waals surface area contributed by atoms with Crippen LogP contribution in [0.5, 0.6) is 5.75 Å². The Balaban J connectivity index is 1.52. The van der Waals surface area contributed by atoms with Crippen LogP contribution in [-0.4, -0.2) is 12.5 Å². The van der Waals surface area contributed by atoms with E-state index in [4.69, 9.17) is 27.9 Å². The third-order valence-corrected chi connectivity index (χ3v) is 4.85. The van der Waals surface area contributed by atoms with Gasteiger partial charge in [0.15, 0.2) is 6.61 Å². The molecule has 0 aliphatic carbocycles. The second-order valence-corrected chi connectivity index (χ2v) is 7.24. The summed E-state index contributed by atoms with van der Waals surface area (Å²) >= 11 is 12.3. The monoisotopic (exact) mass is 432 g/mol. The summed E-state index contributed by atoms with van der Waals surface area (Å²) in [5, 5.41) is 6.88. The van der Waals surface area contributed by atoms with Crippen LogP contribution in [0, 0.1) is 12.7 Å². The summed E-state index contributed by atoms with van der Waals surface area (Å²) in [4.78, 5) is 12.1. The van der Waals surface area contributed by atoms with Crippen molar-refractivity contribution in [3.8, 4) is 5.75 Å². The Morgan fingerprint density at radius 3 is 2.38 bits per heavy atom. The number of hydrogen-bond acceptors (Lipinski definition) is 3. The van der Waals surface area contributed by atoms with Crippen molar-refractivity contribution >= 4 is 40.5 Å². The summed E-state index contributed by atoms with van der Waals surface area (Å²) in [7, 11) is 0. The lowest BCUT2D eigenvalue weighted by Gasteiger charge is -2.11. The van der Waals surface area contributed by atoms with Gasteiger partial charge in [0.25, 0.3) is 5.91 Å². The first kappa shape index (κ1) is 21.0. The second kappa shape index (κ2) is 9.63. The molecule has 0 radical (unpaired) electrons. The fraction of sp³-hybridized carbons (Fsp3) is 0.136. The molecule has 0 unspecified atom stereocenters. The van der Waals surface area contributed by atoms with Crippen molar-refractivity contribution in [2.45, 2.75) is 13.5 Å². The minimum absolute atomic E-state index is 0.182. The standard InChI is InChI=1S/C22H19Cl2FN2O2/c1-14-2-6-18(11-19(14)23)27-22(28)13-29-21-9-3-15(10-20(21)24)12-26-17-7-4-16(25)5-8-17/h2-11,26H,12-13H2,1H3,(H,27,28). The number of rotatable bonds is 7. The molecule has 0 heterocycles. The number of benzene rings is 3. The Morgan fingerprint density at radius 2 is 1.69 bits per heavy atom. The zero-order valence-electron chi connectivity index (χ0n) is 15.6. The predicted molar refractivity (Wildman–Crippen MR) is 115 cm³/mol. The Kier molecular flexibility index (Phi) is 6.96. The molecule has 29 heavy (non-hydrogen) atoms. The highest BCUT2D eigenvalue weighted by molar-refractivity contribution is 6.32. The van der Waals surface area contributed by atoms with Gasteiger partial charge in [0.2, 0.25) is 0 Å². The average Bonchev–Trinajstić information content (AvgIpc) is 2.69. The maximum Gasteiger partial charge on any atom is 0.262 e. The van der Waals surface area contributed by atoms with E-state index in [0.29, 0.717) is 28.0 Å². The molecule has 7 heteroatoms. The average molecular weight is 433 g/mol. The van der Waals surface area contributed by atoms with Crippen LogP contribution in [0.15, 0.2) is 60.7 Å². The van der Waals surface area contributed by atoms with Gasteiger partial charge in [-0.2, -0.15) is 0 Å². The van der Waals surface area contributed by atoms with E-state index in [2.05, 4.69) is 10.6 Å². The van der Waals surface area contributed by atoms with Crippen molar-refractivity contribution in [1.82, 2.24) is 0 Å². The highest BCUT2D eigenvalue weighted by Crippen LogP contribution is 2.26. The Morgan fingerprint density at radius 1 is 0.966 bits per heavy atom. The van der Waals surface area contributed by atoms with Gasteiger partial charge in [0, 0.05) is 22.9 Å². The zero-order chi connectivity index (χ0) is 20.8. The lowest BCUT2D eigenvalue weighted by molar-refractivity contribution is -0.118. The molecule has 0 aliphatic rings. The van der Waals surface area contributed by atoms with Gasteiger partial charge in [-0.05, 0) is 66.6 Å². The zero-order valence-corrected chi connectivity index (χ0v) is 17.1. The van der Waals surface area contributed by atoms with E-state index in [1.807, 2.05) is 19.1 Å². The molecule has 0 bridgehead atoms. The van der Waals surface area contributed by atoms with Gasteiger partial charge < -0.3 is 15.4 Å². The van der Waals surface area contributed by atoms with Gasteiger partial charge in [-0.3, -0.25) is 4.79 Å². The Bertz CT molecular complexity index is 1010. The first-order chi connectivity index (χ1) is 13.9. The van der Waals surface area contributed by atoms with Crippen LogP contribution in [0.4, 0.5) is 15.8 Å². The lowest BCUT2D eigenvalue weighted by Crippen LogP contribution is -2.20. The van der Waals surface area contributed by atoms with E-state index >= 15 is 0 Å². The SMILES string of the molecule is Cc1ccc(NC(=O)COc2ccc(CNc3ccc(F)cc3)cc2Cl)cc1Cl. The normalized spacial score (nSPS) is 10.5. The molecule has 4 nitrogen and oxygen atoms in total. The van der Waals surface area contributed by atoms with Crippen LogP contribution in [0.1, 0.15) is 11.1 Å². The molecule has 3 aromatic carbocycles. The minimum Gasteiger partial charge on any atom is -0.482 e. The van der Waals surface area contributed by atoms with Crippen LogP contribution in [0.25, 0.3) is 0 Å². The van der Waals surface area contributed by atoms with E-state index < -0.39 is 0 Å². The smallest absolute Gasteiger partial charge is 0.262 e. The van der Waals surface area contributed by atoms with Crippen LogP contribution < -0.4 is 15.4 Å². The maximum absolute atomic E-state index is 12.9. The third kappa shape index (κ3) is 6.11. The van der Waals surface area contributed by atoms with Crippen molar-refractivity contribution in [1.29, 1.82) is 0 Å². The number of aryl methyl sites for hydroxylation is 1. The molecular weight excluding hydrogens is 414 g/mol. The van der Waals surface area contributed by atoms with Crippen LogP contribution in [-0.2, 0) is 11.3 Å². The summed E-state index contributed by atoms with van der Waals surface area (Å²) in [6.07, 6.45) is 0. The van der Waals surface area contributed by atoms with Gasteiger partial charge >= 0.3 is 0 Å². The number of nitrogens with one attached hydrogen (secondary N) is 2. The molecule has 2 N–H and O–H groups in total. The molecule has 0 aliphatic heterocycles. The summed E-state index contributed by atoms with van der Waals surface area (Å²) in [6.45, 7) is 2.22. The number of carbonyl (C=O) groups is 1. The fourth-order valence-corrected chi connectivity index (χ4v) is 2.99. The molecule has 0 saturated heterocycles. The number of halogens is 3. The van der Waals surface area contributed by atoms with Gasteiger partial charge in [0.05, 0.1) is 5.02 Å². The van der Waals surface area contributed by atoms with E-state index in [-0.39, 0.29) is 18.3 Å². The summed E-state index contributed by atoms with van der Waals surface area (Å²) in [5.41, 5.74) is 3.25. The van der Waals surface area contributed by atoms with Crippen LogP contribution in [0.2, 0.25) is 10.0 Å². The van der Waals surface area contributed by atoms with Crippen molar-refractivity contribution in [3.63, 3.8) is 0 Å². The Hall–Kier alpha value is -2.76. The molecule has 0 saturated carbocycles. The van der Waals surface area contributed by atoms with Crippen LogP contribution >= 0.6 is 23.2 Å². The van der Waals surface area contributed by atoms with Gasteiger partial charge in [0.1, 0.15) is 11.6 Å². The van der Waals surface area contributed by atoms with E-state index in [9.17, 15) is 9.18 Å². The lowest BCUT2D eigenvalue weighted by atomic mass is 10.2. The van der Waals surface area contributed by atoms with Crippen molar-refractivity contribution < 1.29 is 13.9 Å². The highest BCUT2D eigenvalue weighted by Gasteiger charge is 2.08. The molecule has 150 valence electrons. The second-order valence-electron chi connectivity index (χ2n) is 6.43. The fourth-order valence-electron chi connectivity index (χ4n) is 2.55. The molecule has 0 fully saturated rings. The van der Waals surface area contributed by atoms with Crippen molar-refractivity contribution in [2.75, 3.05) is 17.2 Å². The maximum atomic E-state index is 12.9. The summed E-state index contributed by atoms with van der Waals surface area (Å²) in [6, 6.07) is 16.7. The first-order valence-corrected chi connectivity index (χ1v) is 9.63. The number of anilines is 2. The molecule has 1 amide bonds. The van der Waals surface area contributed by atoms with E-state index in [1.165, 1.54) is 12.1 Å². The predicted octanol–water partition coefficient (Wildman–Crippen LogP) is 6.07. The molecule has 0 spiro atoms. The number of carbonyl (C=O) groups excluding carboxylic acids is 1. The van der Waals surface area contributed by atoms with E-state index in [1.54, 1.807) is 36.4 Å². The summed E-state index contributed by atoms with van der Waals surface area (Å²) in [5.74, 6) is -0.188. The highest BCUT2D eigenvalue weighted by atomic mass is 35.5. The van der Waals surface area contributed by atoms with E-state index in [0.717, 1.165) is 16.8 Å². The van der Waals surface area contributed by atoms with Gasteiger partial charge in [-0.15, -0.1) is 0 Å². The first-order valence-electron chi connectivity index (χ1n) is 8.87. The molecule has 0 aromatic heterocycles. The topological polar surface area (TPSA) is 50.4 Å². The van der Waals surface area contributed by atoms with Crippen molar-refractivity contribution in [3.05, 3.63) is 87.7 Å². The minimum atomic E-state index is -0.317. The quantitative estimate of drug-likeness (QED) is 0.476. The Labute approximate surface area is 178 Å². The molecular formula is C22H19Cl2FN2O2. The summed E-state index contributed by atoms with van der Waals surface area (Å²) < 4.78 is 18.5. The number of ether oxygens (including phenoxy) is 1. The number of hydrogen-bond donors (Lipinski definition) is 2. The number of amides is 1. The van der Waals surface area contributed by atoms with Gasteiger partial charge in [-0.1, -0.05) is 35.3 Å². The molecule has 3 aromatic rings. The van der Waals surface area contributed by atoms with Gasteiger partial charge in [-0.25, -0.2) is 4.39 Å². The molecule has 3 rings (SSSR count). The third-order valence-electron chi connectivity index (χ3n) is 4.15. The largest absolute Gasteiger partial charge is 0.482 e. The molecule has 0 atom stereocenters. The van der Waals surface area contributed by atoms with Crippen molar-refractivity contribution in [2.24, 2.45) is 0 Å². The van der Waals surface area contributed by atoms with Crippen LogP contribution in [0.3, 0.4) is 0 Å².